The van der Waals surface area contributed by atoms with Crippen molar-refractivity contribution in [2.24, 2.45) is 0 Å². The number of nitrogens with zero attached hydrogens (tertiary/aromatic N) is 1. The second-order valence-corrected chi connectivity index (χ2v) is 8.10. The molecule has 0 saturated heterocycles. The van der Waals surface area contributed by atoms with Crippen molar-refractivity contribution in [3.63, 3.8) is 0 Å². The van der Waals surface area contributed by atoms with Gasteiger partial charge in [-0.3, -0.25) is 15.2 Å². The molecule has 0 atom stereocenters. The number of rotatable bonds is 6. The molecular weight excluding hydrogens is 360 g/mol. The van der Waals surface area contributed by atoms with E-state index >= 15 is 0 Å². The van der Waals surface area contributed by atoms with Crippen molar-refractivity contribution >= 4 is 27.1 Å². The molecule has 0 spiro atoms. The lowest BCUT2D eigenvalue weighted by molar-refractivity contribution is -0.118. The molecule has 0 aliphatic carbocycles. The third-order valence-corrected chi connectivity index (χ3v) is 5.60. The highest BCUT2D eigenvalue weighted by atomic mass is 32.2. The minimum Gasteiger partial charge on any atom is -0.272 e. The maximum atomic E-state index is 12.5. The molecule has 0 unspecified atom stereocenters. The van der Waals surface area contributed by atoms with Gasteiger partial charge in [0.15, 0.2) is 9.84 Å². The third-order valence-electron chi connectivity index (χ3n) is 3.97. The van der Waals surface area contributed by atoms with Gasteiger partial charge >= 0.3 is 0 Å². The first-order valence-corrected chi connectivity index (χ1v) is 10.1. The number of amides is 1. The molecule has 0 aliphatic rings. The maximum Gasteiger partial charge on any atom is 0.254 e. The summed E-state index contributed by atoms with van der Waals surface area (Å²) in [6.45, 7) is 1.88. The standard InChI is InChI=1S/C21H20N2O3S/c1-17-12-14-20(15-13-17)27(25,26)16-21(24)22-23(18-8-4-2-5-9-18)19-10-6-3-7-11-19/h2-15H,16H2,1H3,(H,22,24). The number of para-hydroxylation sites is 2. The van der Waals surface area contributed by atoms with Crippen LogP contribution >= 0.6 is 0 Å². The van der Waals surface area contributed by atoms with E-state index in [1.807, 2.05) is 67.6 Å². The molecule has 0 saturated carbocycles. The van der Waals surface area contributed by atoms with Gasteiger partial charge in [-0.25, -0.2) is 8.42 Å². The van der Waals surface area contributed by atoms with Crippen LogP contribution in [0.5, 0.6) is 0 Å². The predicted octanol–water partition coefficient (Wildman–Crippen LogP) is 3.64. The van der Waals surface area contributed by atoms with Gasteiger partial charge in [0.1, 0.15) is 5.75 Å². The molecule has 3 rings (SSSR count). The second kappa shape index (κ2) is 8.05. The molecule has 0 heterocycles. The van der Waals surface area contributed by atoms with Crippen molar-refractivity contribution in [3.05, 3.63) is 90.5 Å². The average Bonchev–Trinajstić information content (AvgIpc) is 2.67. The lowest BCUT2D eigenvalue weighted by Gasteiger charge is -2.25. The molecule has 6 heteroatoms. The van der Waals surface area contributed by atoms with Crippen molar-refractivity contribution in [3.8, 4) is 0 Å². The fourth-order valence-corrected chi connectivity index (χ4v) is 3.72. The number of nitrogens with one attached hydrogen (secondary N) is 1. The molecule has 3 aromatic carbocycles. The summed E-state index contributed by atoms with van der Waals surface area (Å²) in [7, 11) is -3.72. The van der Waals surface area contributed by atoms with Gasteiger partial charge in [-0.2, -0.15) is 0 Å². The smallest absolute Gasteiger partial charge is 0.254 e. The Balaban J connectivity index is 1.82. The molecule has 5 nitrogen and oxygen atoms in total. The van der Waals surface area contributed by atoms with Crippen molar-refractivity contribution < 1.29 is 13.2 Å². The molecule has 0 bridgehead atoms. The van der Waals surface area contributed by atoms with Crippen LogP contribution in [0.15, 0.2) is 89.8 Å². The van der Waals surface area contributed by atoms with Gasteiger partial charge < -0.3 is 0 Å². The number of hydrazine groups is 1. The topological polar surface area (TPSA) is 66.5 Å². The molecule has 3 aromatic rings. The van der Waals surface area contributed by atoms with E-state index in [2.05, 4.69) is 5.43 Å². The number of sulfone groups is 1. The molecule has 0 fully saturated rings. The Morgan fingerprint density at radius 3 is 1.78 bits per heavy atom. The quantitative estimate of drug-likeness (QED) is 0.663. The fourth-order valence-electron chi connectivity index (χ4n) is 2.59. The lowest BCUT2D eigenvalue weighted by atomic mass is 10.2. The van der Waals surface area contributed by atoms with Crippen LogP contribution in [0.25, 0.3) is 0 Å². The summed E-state index contributed by atoms with van der Waals surface area (Å²) in [5.74, 6) is -1.24. The Labute approximate surface area is 159 Å². The van der Waals surface area contributed by atoms with E-state index in [0.717, 1.165) is 16.9 Å². The van der Waals surface area contributed by atoms with Crippen molar-refractivity contribution in [2.75, 3.05) is 10.8 Å². The summed E-state index contributed by atoms with van der Waals surface area (Å²) in [6, 6.07) is 24.9. The Morgan fingerprint density at radius 1 is 0.815 bits per heavy atom. The van der Waals surface area contributed by atoms with E-state index in [1.165, 1.54) is 12.1 Å². The molecule has 1 amide bonds. The number of benzene rings is 3. The van der Waals surface area contributed by atoms with Crippen LogP contribution in [0.3, 0.4) is 0 Å². The van der Waals surface area contributed by atoms with Crippen LogP contribution in [0, 0.1) is 6.92 Å². The van der Waals surface area contributed by atoms with Gasteiger partial charge in [-0.15, -0.1) is 0 Å². The number of aryl methyl sites for hydroxylation is 1. The van der Waals surface area contributed by atoms with E-state index in [4.69, 9.17) is 0 Å². The molecule has 0 aromatic heterocycles. The van der Waals surface area contributed by atoms with Gasteiger partial charge in [0, 0.05) is 0 Å². The summed E-state index contributed by atoms with van der Waals surface area (Å²) < 4.78 is 25.1. The van der Waals surface area contributed by atoms with Crippen molar-refractivity contribution in [2.45, 2.75) is 11.8 Å². The number of hydrogen-bond donors (Lipinski definition) is 1. The number of hydrogen-bond acceptors (Lipinski definition) is 4. The van der Waals surface area contributed by atoms with E-state index in [1.54, 1.807) is 17.1 Å². The zero-order valence-electron chi connectivity index (χ0n) is 14.9. The minimum atomic E-state index is -3.72. The number of carbonyl (C=O) groups excluding carboxylic acids is 1. The average molecular weight is 380 g/mol. The molecule has 0 aliphatic heterocycles. The van der Waals surface area contributed by atoms with Gasteiger partial charge in [0.2, 0.25) is 0 Å². The van der Waals surface area contributed by atoms with E-state index in [0.29, 0.717) is 0 Å². The fraction of sp³-hybridized carbons (Fsp3) is 0.0952. The normalized spacial score (nSPS) is 11.0. The summed E-state index contributed by atoms with van der Waals surface area (Å²) >= 11 is 0. The summed E-state index contributed by atoms with van der Waals surface area (Å²) in [5, 5.41) is 1.58. The highest BCUT2D eigenvalue weighted by Gasteiger charge is 2.21. The van der Waals surface area contributed by atoms with Gasteiger partial charge in [-0.1, -0.05) is 54.1 Å². The van der Waals surface area contributed by atoms with Crippen molar-refractivity contribution in [1.29, 1.82) is 0 Å². The first-order valence-electron chi connectivity index (χ1n) is 8.45. The molecule has 1 N–H and O–H groups in total. The Bertz CT molecular complexity index is 963. The Morgan fingerprint density at radius 2 is 1.30 bits per heavy atom. The van der Waals surface area contributed by atoms with Gasteiger partial charge in [0.05, 0.1) is 16.3 Å². The molecule has 27 heavy (non-hydrogen) atoms. The third kappa shape index (κ3) is 4.74. The van der Waals surface area contributed by atoms with E-state index < -0.39 is 21.5 Å². The van der Waals surface area contributed by atoms with Crippen LogP contribution < -0.4 is 10.4 Å². The summed E-state index contributed by atoms with van der Waals surface area (Å²) in [6.07, 6.45) is 0. The summed E-state index contributed by atoms with van der Waals surface area (Å²) in [5.41, 5.74) is 5.11. The monoisotopic (exact) mass is 380 g/mol. The molecule has 0 radical (unpaired) electrons. The van der Waals surface area contributed by atoms with Crippen LogP contribution in [0.4, 0.5) is 11.4 Å². The Hall–Kier alpha value is -3.12. The van der Waals surface area contributed by atoms with Gasteiger partial charge in [-0.05, 0) is 43.3 Å². The van der Waals surface area contributed by atoms with Crippen LogP contribution in [-0.2, 0) is 14.6 Å². The van der Waals surface area contributed by atoms with E-state index in [-0.39, 0.29) is 4.90 Å². The highest BCUT2D eigenvalue weighted by Crippen LogP contribution is 2.22. The van der Waals surface area contributed by atoms with Crippen LogP contribution in [-0.4, -0.2) is 20.1 Å². The first kappa shape index (κ1) is 18.7. The van der Waals surface area contributed by atoms with Crippen molar-refractivity contribution in [1.82, 2.24) is 5.43 Å². The zero-order valence-corrected chi connectivity index (χ0v) is 15.7. The SMILES string of the molecule is Cc1ccc(S(=O)(=O)CC(=O)NN(c2ccccc2)c2ccccc2)cc1. The van der Waals surface area contributed by atoms with E-state index in [9.17, 15) is 13.2 Å². The largest absolute Gasteiger partial charge is 0.272 e. The number of anilines is 2. The maximum absolute atomic E-state index is 12.5. The zero-order chi connectivity index (χ0) is 19.3. The minimum absolute atomic E-state index is 0.134. The Kier molecular flexibility index (Phi) is 5.57. The highest BCUT2D eigenvalue weighted by molar-refractivity contribution is 7.92. The molecule has 138 valence electrons. The molecular formula is C21H20N2O3S. The number of carbonyl (C=O) groups is 1. The van der Waals surface area contributed by atoms with Gasteiger partial charge in [0.25, 0.3) is 5.91 Å². The second-order valence-electron chi connectivity index (χ2n) is 6.11. The summed E-state index contributed by atoms with van der Waals surface area (Å²) in [4.78, 5) is 12.7. The van der Waals surface area contributed by atoms with Crippen LogP contribution in [0.2, 0.25) is 0 Å². The van der Waals surface area contributed by atoms with Crippen LogP contribution in [0.1, 0.15) is 5.56 Å². The first-order chi connectivity index (χ1) is 13.0. The lowest BCUT2D eigenvalue weighted by Crippen LogP contribution is -2.42. The predicted molar refractivity (Wildman–Crippen MR) is 106 cm³/mol.